The van der Waals surface area contributed by atoms with Gasteiger partial charge in [-0.3, -0.25) is 14.3 Å². The minimum Gasteiger partial charge on any atom is -0.353 e. The van der Waals surface area contributed by atoms with E-state index in [1.807, 2.05) is 29.7 Å². The van der Waals surface area contributed by atoms with Crippen molar-refractivity contribution >= 4 is 32.6 Å². The molecule has 15 heteroatoms. The van der Waals surface area contributed by atoms with Crippen LogP contribution >= 0.6 is 0 Å². The monoisotopic (exact) mass is 633 g/mol. The first-order valence-corrected chi connectivity index (χ1v) is 16.2. The highest BCUT2D eigenvalue weighted by Gasteiger charge is 2.41. The van der Waals surface area contributed by atoms with Crippen LogP contribution < -0.4 is 15.9 Å². The van der Waals surface area contributed by atoms with Gasteiger partial charge in [0.25, 0.3) is 0 Å². The average Bonchev–Trinajstić information content (AvgIpc) is 2.97. The van der Waals surface area contributed by atoms with Crippen LogP contribution in [0.4, 0.5) is 19.0 Å². The number of pyridine rings is 1. The number of halogens is 3. The predicted molar refractivity (Wildman–Crippen MR) is 159 cm³/mol. The van der Waals surface area contributed by atoms with Crippen molar-refractivity contribution in [3.8, 4) is 6.07 Å². The first kappa shape index (κ1) is 32.9. The molecule has 1 unspecified atom stereocenters. The highest BCUT2D eigenvalue weighted by atomic mass is 32.2. The van der Waals surface area contributed by atoms with Crippen molar-refractivity contribution in [1.29, 1.82) is 5.26 Å². The Bertz CT molecular complexity index is 1740. The number of carbonyl (C=O) groups excluding carboxylic acids is 1. The van der Waals surface area contributed by atoms with Crippen molar-refractivity contribution in [3.05, 3.63) is 63.7 Å². The van der Waals surface area contributed by atoms with Crippen molar-refractivity contribution in [2.75, 3.05) is 36.5 Å². The smallest absolute Gasteiger partial charge is 0.353 e. The van der Waals surface area contributed by atoms with Gasteiger partial charge in [-0.2, -0.15) is 23.4 Å². The fourth-order valence-corrected chi connectivity index (χ4v) is 6.01. The standard InChI is InChI=1S/C29H34F3N7O4S/c1-5-21-17-39(26-24-23(37(3)28(41)36-26)12-11-20(15-33)35-24)22(6-2)16-38(21)25(27(40)34-13-14-44(4,42)43)18-7-9-19(10-8-18)29(30,31)32/h7-12,21-22,25H,5-6,13-14,16-17H2,1-4H3,(H,34,40)/t21-,22+,25?/m1/s1. The van der Waals surface area contributed by atoms with E-state index in [0.29, 0.717) is 41.8 Å². The predicted octanol–water partition coefficient (Wildman–Crippen LogP) is 2.80. The SMILES string of the molecule is CC[C@H]1CN(C(C(=O)NCCS(C)(=O)=O)c2ccc(C(F)(F)F)cc2)[C@H](CC)CN1c1nc(=O)n(C)c2ccc(C#N)nc12. The number of nitriles is 1. The molecule has 0 saturated carbocycles. The third-order valence-electron chi connectivity index (χ3n) is 7.91. The molecule has 1 amide bonds. The van der Waals surface area contributed by atoms with Gasteiger partial charge in [0.05, 0.1) is 16.8 Å². The molecule has 4 rings (SSSR count). The molecule has 1 fully saturated rings. The number of nitrogens with zero attached hydrogens (tertiary/aromatic N) is 6. The molecule has 236 valence electrons. The molecule has 0 bridgehead atoms. The number of piperazine rings is 1. The molecule has 1 aliphatic rings. The number of nitrogens with one attached hydrogen (secondary N) is 1. The number of rotatable bonds is 9. The second-order valence-corrected chi connectivity index (χ2v) is 13.1. The number of hydrogen-bond acceptors (Lipinski definition) is 9. The Kier molecular flexibility index (Phi) is 9.65. The maximum Gasteiger partial charge on any atom is 0.416 e. The van der Waals surface area contributed by atoms with Crippen LogP contribution in [0, 0.1) is 11.3 Å². The third-order valence-corrected chi connectivity index (χ3v) is 8.86. The lowest BCUT2D eigenvalue weighted by molar-refractivity contribution is -0.137. The summed E-state index contributed by atoms with van der Waals surface area (Å²) in [6.07, 6.45) is -2.43. The maximum absolute atomic E-state index is 13.7. The van der Waals surface area contributed by atoms with E-state index in [1.165, 1.54) is 22.8 Å². The number of sulfone groups is 1. The van der Waals surface area contributed by atoms with E-state index in [9.17, 15) is 36.4 Å². The molecule has 44 heavy (non-hydrogen) atoms. The lowest BCUT2D eigenvalue weighted by Crippen LogP contribution is -2.61. The van der Waals surface area contributed by atoms with Crippen LogP contribution in [-0.4, -0.2) is 77.5 Å². The molecule has 0 radical (unpaired) electrons. The molecule has 1 aliphatic heterocycles. The van der Waals surface area contributed by atoms with E-state index in [1.54, 1.807) is 13.1 Å². The number of fused-ring (bicyclic) bond motifs is 1. The Balaban J connectivity index is 1.77. The van der Waals surface area contributed by atoms with E-state index in [0.717, 1.165) is 18.4 Å². The maximum atomic E-state index is 13.7. The van der Waals surface area contributed by atoms with E-state index in [-0.39, 0.29) is 36.6 Å². The lowest BCUT2D eigenvalue weighted by atomic mass is 9.95. The summed E-state index contributed by atoms with van der Waals surface area (Å²) < 4.78 is 64.7. The zero-order chi connectivity index (χ0) is 32.4. The number of carbonyl (C=O) groups is 1. The number of aromatic nitrogens is 3. The number of benzene rings is 1. The van der Waals surface area contributed by atoms with Crippen molar-refractivity contribution in [2.45, 2.75) is 51.0 Å². The number of amides is 1. The van der Waals surface area contributed by atoms with Gasteiger partial charge in [0.1, 0.15) is 33.2 Å². The van der Waals surface area contributed by atoms with Crippen LogP contribution in [0.15, 0.2) is 41.2 Å². The van der Waals surface area contributed by atoms with Crippen LogP contribution in [0.1, 0.15) is 49.6 Å². The van der Waals surface area contributed by atoms with Crippen molar-refractivity contribution in [2.24, 2.45) is 7.05 Å². The summed E-state index contributed by atoms with van der Waals surface area (Å²) in [7, 11) is -1.81. The van der Waals surface area contributed by atoms with Crippen molar-refractivity contribution in [1.82, 2.24) is 24.8 Å². The van der Waals surface area contributed by atoms with E-state index < -0.39 is 39.2 Å². The molecule has 1 aromatic carbocycles. The van der Waals surface area contributed by atoms with E-state index >= 15 is 0 Å². The topological polar surface area (TPSA) is 141 Å². The Morgan fingerprint density at radius 2 is 1.75 bits per heavy atom. The van der Waals surface area contributed by atoms with Gasteiger partial charge in [0, 0.05) is 45.0 Å². The minimum absolute atomic E-state index is 0.154. The summed E-state index contributed by atoms with van der Waals surface area (Å²) in [6.45, 7) is 4.26. The normalized spacial score (nSPS) is 18.6. The Labute approximate surface area is 253 Å². The summed E-state index contributed by atoms with van der Waals surface area (Å²) >= 11 is 0. The summed E-state index contributed by atoms with van der Waals surface area (Å²) in [6, 6.07) is 7.93. The Morgan fingerprint density at radius 3 is 2.32 bits per heavy atom. The van der Waals surface area contributed by atoms with Crippen LogP contribution in [-0.2, 0) is 27.9 Å². The van der Waals surface area contributed by atoms with Crippen LogP contribution in [0.3, 0.4) is 0 Å². The third kappa shape index (κ3) is 7.02. The molecule has 3 aromatic rings. The second kappa shape index (κ2) is 12.9. The van der Waals surface area contributed by atoms with Gasteiger partial charge in [0.15, 0.2) is 5.82 Å². The Hall–Kier alpha value is -4.03. The molecule has 0 aliphatic carbocycles. The zero-order valence-electron chi connectivity index (χ0n) is 24.8. The van der Waals surface area contributed by atoms with Crippen LogP contribution in [0.25, 0.3) is 11.0 Å². The zero-order valence-corrected chi connectivity index (χ0v) is 25.6. The number of hydrogen-bond donors (Lipinski definition) is 1. The first-order valence-electron chi connectivity index (χ1n) is 14.1. The van der Waals surface area contributed by atoms with Crippen LogP contribution in [0.2, 0.25) is 0 Å². The fourth-order valence-electron chi connectivity index (χ4n) is 5.54. The fraction of sp³-hybridized carbons (Fsp3) is 0.483. The number of alkyl halides is 3. The van der Waals surface area contributed by atoms with Gasteiger partial charge in [-0.25, -0.2) is 18.2 Å². The molecule has 3 atom stereocenters. The second-order valence-electron chi connectivity index (χ2n) is 10.9. The molecule has 3 heterocycles. The molecule has 0 spiro atoms. The molecule has 11 nitrogen and oxygen atoms in total. The molecular weight excluding hydrogens is 599 g/mol. The first-order chi connectivity index (χ1) is 20.7. The largest absolute Gasteiger partial charge is 0.416 e. The minimum atomic E-state index is -4.56. The van der Waals surface area contributed by atoms with E-state index in [4.69, 9.17) is 0 Å². The van der Waals surface area contributed by atoms with Gasteiger partial charge >= 0.3 is 11.9 Å². The quantitative estimate of drug-likeness (QED) is 0.377. The summed E-state index contributed by atoms with van der Waals surface area (Å²) in [5, 5.41) is 12.1. The molecule has 1 N–H and O–H groups in total. The van der Waals surface area contributed by atoms with Gasteiger partial charge in [-0.1, -0.05) is 26.0 Å². The highest BCUT2D eigenvalue weighted by molar-refractivity contribution is 7.90. The Morgan fingerprint density at radius 1 is 1.09 bits per heavy atom. The average molecular weight is 634 g/mol. The van der Waals surface area contributed by atoms with Crippen molar-refractivity contribution < 1.29 is 26.4 Å². The van der Waals surface area contributed by atoms with Crippen molar-refractivity contribution in [3.63, 3.8) is 0 Å². The molecular formula is C29H34F3N7O4S. The molecule has 2 aromatic heterocycles. The van der Waals surface area contributed by atoms with Gasteiger partial charge in [0.2, 0.25) is 5.91 Å². The van der Waals surface area contributed by atoms with Gasteiger partial charge in [-0.05, 0) is 42.7 Å². The highest BCUT2D eigenvalue weighted by Crippen LogP contribution is 2.35. The van der Waals surface area contributed by atoms with Gasteiger partial charge in [-0.15, -0.1) is 0 Å². The number of aryl methyl sites for hydroxylation is 1. The summed E-state index contributed by atoms with van der Waals surface area (Å²) in [5.74, 6) is -0.512. The van der Waals surface area contributed by atoms with Gasteiger partial charge < -0.3 is 10.2 Å². The van der Waals surface area contributed by atoms with Crippen LogP contribution in [0.5, 0.6) is 0 Å². The number of anilines is 1. The summed E-state index contributed by atoms with van der Waals surface area (Å²) in [4.78, 5) is 39.2. The summed E-state index contributed by atoms with van der Waals surface area (Å²) in [5.41, 5.74) is 0.00827. The molecule has 1 saturated heterocycles. The van der Waals surface area contributed by atoms with E-state index in [2.05, 4.69) is 15.3 Å². The lowest BCUT2D eigenvalue weighted by Gasteiger charge is -2.49.